The normalized spacial score (nSPS) is 12.2. The Hall–Kier alpha value is -4.42. The fourth-order valence-electron chi connectivity index (χ4n) is 4.20. The molecule has 0 aliphatic rings. The average molecular weight is 525 g/mol. The van der Waals surface area contributed by atoms with Crippen molar-refractivity contribution in [3.05, 3.63) is 136 Å². The standard InChI is InChI=1S/C31H29ClN4O2/c32-25-16-12-23(13-17-25)28(22-9-5-2-6-10-22)36-31(38)27(20-11-21-7-3-1-4-8-21)30(37)35-26-18-14-24(15-19-26)29(33)34/h1-10,12-19,27-28H,11,20H2,(H3,33,34)(H,35,37)(H,36,38). The minimum absolute atomic E-state index is 0.0582. The van der Waals surface area contributed by atoms with E-state index in [0.717, 1.165) is 16.7 Å². The summed E-state index contributed by atoms with van der Waals surface area (Å²) in [6, 6.07) is 32.9. The van der Waals surface area contributed by atoms with Crippen LogP contribution in [0.1, 0.15) is 34.7 Å². The van der Waals surface area contributed by atoms with Crippen molar-refractivity contribution in [2.75, 3.05) is 5.32 Å². The second-order valence-electron chi connectivity index (χ2n) is 8.96. The third-order valence-electron chi connectivity index (χ3n) is 6.28. The van der Waals surface area contributed by atoms with Crippen molar-refractivity contribution in [3.63, 3.8) is 0 Å². The quantitative estimate of drug-likeness (QED) is 0.121. The van der Waals surface area contributed by atoms with Crippen LogP contribution in [0.3, 0.4) is 0 Å². The molecule has 0 fully saturated rings. The average Bonchev–Trinajstić information content (AvgIpc) is 2.94. The molecule has 0 saturated carbocycles. The Morgan fingerprint density at radius 3 is 1.95 bits per heavy atom. The van der Waals surface area contributed by atoms with Crippen molar-refractivity contribution in [1.29, 1.82) is 5.41 Å². The van der Waals surface area contributed by atoms with E-state index in [1.165, 1.54) is 0 Å². The van der Waals surface area contributed by atoms with Crippen LogP contribution in [-0.2, 0) is 16.0 Å². The van der Waals surface area contributed by atoms with Crippen molar-refractivity contribution in [3.8, 4) is 0 Å². The van der Waals surface area contributed by atoms with Gasteiger partial charge in [-0.2, -0.15) is 0 Å². The van der Waals surface area contributed by atoms with Gasteiger partial charge in [0.2, 0.25) is 11.8 Å². The van der Waals surface area contributed by atoms with Crippen LogP contribution in [0.4, 0.5) is 5.69 Å². The maximum Gasteiger partial charge on any atom is 0.236 e. The van der Waals surface area contributed by atoms with Crippen LogP contribution in [-0.4, -0.2) is 17.6 Å². The molecule has 7 heteroatoms. The second-order valence-corrected chi connectivity index (χ2v) is 9.40. The van der Waals surface area contributed by atoms with Gasteiger partial charge in [0.1, 0.15) is 11.8 Å². The molecule has 0 heterocycles. The first kappa shape index (κ1) is 26.6. The van der Waals surface area contributed by atoms with Gasteiger partial charge in [-0.25, -0.2) is 0 Å². The minimum atomic E-state index is -0.943. The molecule has 6 nitrogen and oxygen atoms in total. The van der Waals surface area contributed by atoms with Crippen molar-refractivity contribution in [2.24, 2.45) is 11.7 Å². The summed E-state index contributed by atoms with van der Waals surface area (Å²) in [5, 5.41) is 14.1. The lowest BCUT2D eigenvalue weighted by molar-refractivity contribution is -0.133. The zero-order valence-electron chi connectivity index (χ0n) is 20.7. The summed E-state index contributed by atoms with van der Waals surface area (Å²) in [7, 11) is 0. The van der Waals surface area contributed by atoms with E-state index in [-0.39, 0.29) is 11.7 Å². The van der Waals surface area contributed by atoms with E-state index in [9.17, 15) is 9.59 Å². The largest absolute Gasteiger partial charge is 0.384 e. The molecule has 2 amide bonds. The summed E-state index contributed by atoms with van der Waals surface area (Å²) in [6.07, 6.45) is 0.891. The third kappa shape index (κ3) is 7.08. The number of nitrogen functional groups attached to an aromatic ring is 1. The minimum Gasteiger partial charge on any atom is -0.384 e. The molecule has 0 bridgehead atoms. The lowest BCUT2D eigenvalue weighted by Crippen LogP contribution is -2.40. The van der Waals surface area contributed by atoms with E-state index in [0.29, 0.717) is 29.1 Å². The molecule has 0 radical (unpaired) electrons. The number of nitrogens with two attached hydrogens (primary N) is 1. The number of carbonyl (C=O) groups is 2. The smallest absolute Gasteiger partial charge is 0.236 e. The number of benzene rings is 4. The molecule has 0 saturated heterocycles. The van der Waals surface area contributed by atoms with Crippen LogP contribution in [0.2, 0.25) is 5.02 Å². The number of hydrogen-bond donors (Lipinski definition) is 4. The van der Waals surface area contributed by atoms with E-state index in [4.69, 9.17) is 22.7 Å². The fraction of sp³-hybridized carbons (Fsp3) is 0.129. The first-order valence-corrected chi connectivity index (χ1v) is 12.7. The number of hydrogen-bond acceptors (Lipinski definition) is 3. The highest BCUT2D eigenvalue weighted by molar-refractivity contribution is 6.30. The summed E-state index contributed by atoms with van der Waals surface area (Å²) in [6.45, 7) is 0. The highest BCUT2D eigenvalue weighted by atomic mass is 35.5. The van der Waals surface area contributed by atoms with Gasteiger partial charge in [-0.05, 0) is 65.9 Å². The highest BCUT2D eigenvalue weighted by Gasteiger charge is 2.29. The summed E-state index contributed by atoms with van der Waals surface area (Å²) in [5.41, 5.74) is 9.40. The molecule has 4 rings (SSSR count). The van der Waals surface area contributed by atoms with Gasteiger partial charge in [0, 0.05) is 16.3 Å². The van der Waals surface area contributed by atoms with Gasteiger partial charge >= 0.3 is 0 Å². The first-order valence-electron chi connectivity index (χ1n) is 12.3. The van der Waals surface area contributed by atoms with Crippen LogP contribution in [0.5, 0.6) is 0 Å². The summed E-state index contributed by atoms with van der Waals surface area (Å²) in [5.74, 6) is -1.78. The summed E-state index contributed by atoms with van der Waals surface area (Å²) in [4.78, 5) is 27.2. The highest BCUT2D eigenvalue weighted by Crippen LogP contribution is 2.25. The molecule has 38 heavy (non-hydrogen) atoms. The molecule has 2 atom stereocenters. The summed E-state index contributed by atoms with van der Waals surface area (Å²) >= 11 is 6.10. The maximum atomic E-state index is 13.7. The Labute approximate surface area is 227 Å². The van der Waals surface area contributed by atoms with Crippen LogP contribution in [0.15, 0.2) is 109 Å². The first-order chi connectivity index (χ1) is 18.4. The van der Waals surface area contributed by atoms with Crippen molar-refractivity contribution < 1.29 is 9.59 Å². The van der Waals surface area contributed by atoms with Gasteiger partial charge in [0.05, 0.1) is 6.04 Å². The number of amidine groups is 1. The number of aryl methyl sites for hydroxylation is 1. The maximum absolute atomic E-state index is 13.7. The molecular formula is C31H29ClN4O2. The van der Waals surface area contributed by atoms with Gasteiger partial charge in [-0.1, -0.05) is 84.4 Å². The zero-order chi connectivity index (χ0) is 26.9. The molecule has 0 aliphatic carbocycles. The topological polar surface area (TPSA) is 108 Å². The van der Waals surface area contributed by atoms with Crippen LogP contribution >= 0.6 is 11.6 Å². The van der Waals surface area contributed by atoms with E-state index in [1.54, 1.807) is 36.4 Å². The fourth-order valence-corrected chi connectivity index (χ4v) is 4.33. The van der Waals surface area contributed by atoms with Gasteiger partial charge in [0.15, 0.2) is 0 Å². The van der Waals surface area contributed by atoms with Gasteiger partial charge in [0.25, 0.3) is 0 Å². The lowest BCUT2D eigenvalue weighted by Gasteiger charge is -2.24. The lowest BCUT2D eigenvalue weighted by atomic mass is 9.94. The molecule has 192 valence electrons. The molecule has 2 unspecified atom stereocenters. The molecule has 4 aromatic rings. The van der Waals surface area contributed by atoms with Gasteiger partial charge in [-0.15, -0.1) is 0 Å². The molecule has 5 N–H and O–H groups in total. The predicted molar refractivity (Wildman–Crippen MR) is 152 cm³/mol. The van der Waals surface area contributed by atoms with E-state index >= 15 is 0 Å². The molecule has 4 aromatic carbocycles. The number of halogens is 1. The van der Waals surface area contributed by atoms with E-state index < -0.39 is 17.9 Å². The predicted octanol–water partition coefficient (Wildman–Crippen LogP) is 5.72. The summed E-state index contributed by atoms with van der Waals surface area (Å²) < 4.78 is 0. The molecule has 0 aliphatic heterocycles. The number of carbonyl (C=O) groups excluding carboxylic acids is 2. The van der Waals surface area contributed by atoms with Crippen molar-refractivity contribution in [1.82, 2.24) is 5.32 Å². The SMILES string of the molecule is N=C(N)c1ccc(NC(=O)C(CCc2ccccc2)C(=O)NC(c2ccccc2)c2ccc(Cl)cc2)cc1. The number of anilines is 1. The molecular weight excluding hydrogens is 496 g/mol. The van der Waals surface area contributed by atoms with Gasteiger partial charge < -0.3 is 16.4 Å². The van der Waals surface area contributed by atoms with Crippen LogP contribution < -0.4 is 16.4 Å². The number of amides is 2. The number of nitrogens with one attached hydrogen (secondary N) is 3. The monoisotopic (exact) mass is 524 g/mol. The zero-order valence-corrected chi connectivity index (χ0v) is 21.5. The second kappa shape index (κ2) is 12.7. The van der Waals surface area contributed by atoms with Crippen LogP contribution in [0.25, 0.3) is 0 Å². The number of rotatable bonds is 10. The van der Waals surface area contributed by atoms with Crippen molar-refractivity contribution in [2.45, 2.75) is 18.9 Å². The Morgan fingerprint density at radius 1 is 0.763 bits per heavy atom. The Morgan fingerprint density at radius 2 is 1.34 bits per heavy atom. The Bertz CT molecular complexity index is 1380. The van der Waals surface area contributed by atoms with E-state index in [1.807, 2.05) is 72.8 Å². The van der Waals surface area contributed by atoms with Gasteiger partial charge in [-0.3, -0.25) is 15.0 Å². The molecule has 0 spiro atoms. The van der Waals surface area contributed by atoms with Crippen LogP contribution in [0, 0.1) is 11.3 Å². The Kier molecular flexibility index (Phi) is 8.90. The Balaban J connectivity index is 1.58. The third-order valence-corrected chi connectivity index (χ3v) is 6.54. The van der Waals surface area contributed by atoms with Crippen molar-refractivity contribution >= 4 is 34.9 Å². The molecule has 0 aromatic heterocycles. The van der Waals surface area contributed by atoms with E-state index in [2.05, 4.69) is 10.6 Å².